The third-order valence-electron chi connectivity index (χ3n) is 1.68. The molecule has 14 heavy (non-hydrogen) atoms. The molecule has 0 N–H and O–H groups in total. The molecular weight excluding hydrogens is 192 g/mol. The first-order valence-corrected chi connectivity index (χ1v) is 5.12. The van der Waals surface area contributed by atoms with Gasteiger partial charge in [0.1, 0.15) is 12.4 Å². The highest BCUT2D eigenvalue weighted by molar-refractivity contribution is 7.80. The van der Waals surface area contributed by atoms with Gasteiger partial charge in [-0.05, 0) is 6.07 Å². The van der Waals surface area contributed by atoms with Gasteiger partial charge in [0.15, 0.2) is 0 Å². The van der Waals surface area contributed by atoms with Crippen molar-refractivity contribution in [1.82, 2.24) is 0 Å². The molecule has 0 aliphatic rings. The fourth-order valence-corrected chi connectivity index (χ4v) is 1.18. The minimum absolute atomic E-state index is 0.533. The minimum atomic E-state index is 0.533. The van der Waals surface area contributed by atoms with E-state index in [4.69, 9.17) is 4.74 Å². The molecule has 0 bridgehead atoms. The van der Waals surface area contributed by atoms with E-state index in [9.17, 15) is 0 Å². The predicted octanol–water partition coefficient (Wildman–Crippen LogP) is 3.19. The Kier molecular flexibility index (Phi) is 4.94. The van der Waals surface area contributed by atoms with Crippen LogP contribution >= 0.6 is 12.6 Å². The SMILES string of the molecule is C=CCOc1ccccc1C=CCS. The Morgan fingerprint density at radius 2 is 2.14 bits per heavy atom. The second-order valence-electron chi connectivity index (χ2n) is 2.72. The normalized spacial score (nSPS) is 10.4. The van der Waals surface area contributed by atoms with Gasteiger partial charge in [-0.15, -0.1) is 0 Å². The van der Waals surface area contributed by atoms with Crippen molar-refractivity contribution in [3.05, 3.63) is 48.6 Å². The molecule has 0 aliphatic carbocycles. The largest absolute Gasteiger partial charge is 0.489 e. The fraction of sp³-hybridized carbons (Fsp3) is 0.167. The minimum Gasteiger partial charge on any atom is -0.489 e. The van der Waals surface area contributed by atoms with Crippen LogP contribution in [0.5, 0.6) is 5.75 Å². The van der Waals surface area contributed by atoms with Crippen molar-refractivity contribution >= 4 is 18.7 Å². The lowest BCUT2D eigenvalue weighted by molar-refractivity contribution is 0.362. The lowest BCUT2D eigenvalue weighted by atomic mass is 10.2. The maximum Gasteiger partial charge on any atom is 0.126 e. The van der Waals surface area contributed by atoms with E-state index in [0.29, 0.717) is 6.61 Å². The zero-order valence-electron chi connectivity index (χ0n) is 8.02. The number of para-hydroxylation sites is 1. The zero-order valence-corrected chi connectivity index (χ0v) is 8.91. The molecule has 0 aromatic heterocycles. The Hall–Kier alpha value is -1.15. The summed E-state index contributed by atoms with van der Waals surface area (Å²) in [6, 6.07) is 7.90. The number of ether oxygens (including phenoxy) is 1. The molecule has 0 aliphatic heterocycles. The average molecular weight is 206 g/mol. The van der Waals surface area contributed by atoms with E-state index in [-0.39, 0.29) is 0 Å². The summed E-state index contributed by atoms with van der Waals surface area (Å²) in [6.07, 6.45) is 5.73. The Balaban J connectivity index is 2.79. The predicted molar refractivity (Wildman–Crippen MR) is 65.0 cm³/mol. The molecule has 0 radical (unpaired) electrons. The highest BCUT2D eigenvalue weighted by Crippen LogP contribution is 2.19. The molecule has 0 saturated heterocycles. The Morgan fingerprint density at radius 3 is 2.86 bits per heavy atom. The van der Waals surface area contributed by atoms with Gasteiger partial charge in [-0.1, -0.05) is 43.0 Å². The van der Waals surface area contributed by atoms with E-state index in [0.717, 1.165) is 17.1 Å². The van der Waals surface area contributed by atoms with Crippen LogP contribution in [0, 0.1) is 0 Å². The van der Waals surface area contributed by atoms with Crippen LogP contribution in [0.2, 0.25) is 0 Å². The highest BCUT2D eigenvalue weighted by atomic mass is 32.1. The summed E-state index contributed by atoms with van der Waals surface area (Å²) >= 11 is 4.11. The molecule has 0 fully saturated rings. The summed E-state index contributed by atoms with van der Waals surface area (Å²) in [5.41, 5.74) is 1.07. The number of benzene rings is 1. The number of rotatable bonds is 5. The number of hydrogen-bond donors (Lipinski definition) is 1. The summed E-state index contributed by atoms with van der Waals surface area (Å²) < 4.78 is 5.49. The zero-order chi connectivity index (χ0) is 10.2. The van der Waals surface area contributed by atoms with Gasteiger partial charge in [0.2, 0.25) is 0 Å². The van der Waals surface area contributed by atoms with Crippen molar-refractivity contribution < 1.29 is 4.74 Å². The van der Waals surface area contributed by atoms with E-state index in [1.54, 1.807) is 6.08 Å². The summed E-state index contributed by atoms with van der Waals surface area (Å²) in [5.74, 6) is 1.61. The lowest BCUT2D eigenvalue weighted by Gasteiger charge is -2.06. The van der Waals surface area contributed by atoms with Crippen LogP contribution < -0.4 is 4.74 Å². The van der Waals surface area contributed by atoms with Crippen LogP contribution in [0.15, 0.2) is 43.0 Å². The van der Waals surface area contributed by atoms with Gasteiger partial charge in [-0.2, -0.15) is 12.6 Å². The van der Waals surface area contributed by atoms with Gasteiger partial charge >= 0.3 is 0 Å². The van der Waals surface area contributed by atoms with E-state index in [1.165, 1.54) is 0 Å². The molecule has 2 heteroatoms. The summed E-state index contributed by atoms with van der Waals surface area (Å²) in [4.78, 5) is 0. The molecule has 0 unspecified atom stereocenters. The van der Waals surface area contributed by atoms with Crippen molar-refractivity contribution in [2.75, 3.05) is 12.4 Å². The van der Waals surface area contributed by atoms with E-state index in [2.05, 4.69) is 19.2 Å². The second kappa shape index (κ2) is 6.33. The van der Waals surface area contributed by atoms with Gasteiger partial charge in [-0.3, -0.25) is 0 Å². The molecular formula is C12H14OS. The van der Waals surface area contributed by atoms with Gasteiger partial charge < -0.3 is 4.74 Å². The fourth-order valence-electron chi connectivity index (χ4n) is 1.08. The van der Waals surface area contributed by atoms with Crippen molar-refractivity contribution in [2.45, 2.75) is 0 Å². The molecule has 1 nitrogen and oxygen atoms in total. The van der Waals surface area contributed by atoms with E-state index < -0.39 is 0 Å². The Bertz CT molecular complexity index is 318. The maximum atomic E-state index is 5.49. The standard InChI is InChI=1S/C12H14OS/c1-2-9-13-12-8-4-3-6-11(12)7-5-10-14/h2-8,14H,1,9-10H2. The third kappa shape index (κ3) is 3.30. The Morgan fingerprint density at radius 1 is 1.36 bits per heavy atom. The molecule has 1 rings (SSSR count). The van der Waals surface area contributed by atoms with Crippen molar-refractivity contribution in [3.63, 3.8) is 0 Å². The van der Waals surface area contributed by atoms with Gasteiger partial charge in [-0.25, -0.2) is 0 Å². The summed E-state index contributed by atoms with van der Waals surface area (Å²) in [6.45, 7) is 4.15. The number of thiol groups is 1. The van der Waals surface area contributed by atoms with Crippen LogP contribution in [-0.4, -0.2) is 12.4 Å². The molecule has 1 aromatic rings. The Labute approximate surface area is 90.5 Å². The van der Waals surface area contributed by atoms with Crippen molar-refractivity contribution in [1.29, 1.82) is 0 Å². The lowest BCUT2D eigenvalue weighted by Crippen LogP contribution is -1.94. The molecule has 0 heterocycles. The quantitative estimate of drug-likeness (QED) is 0.575. The summed E-state index contributed by atoms with van der Waals surface area (Å²) in [5, 5.41) is 0. The monoisotopic (exact) mass is 206 g/mol. The van der Waals surface area contributed by atoms with E-state index >= 15 is 0 Å². The molecule has 0 saturated carbocycles. The highest BCUT2D eigenvalue weighted by Gasteiger charge is 1.96. The van der Waals surface area contributed by atoms with Crippen LogP contribution in [0.3, 0.4) is 0 Å². The topological polar surface area (TPSA) is 9.23 Å². The van der Waals surface area contributed by atoms with Gasteiger partial charge in [0.05, 0.1) is 0 Å². The second-order valence-corrected chi connectivity index (χ2v) is 3.09. The average Bonchev–Trinajstić information content (AvgIpc) is 2.24. The van der Waals surface area contributed by atoms with Crippen LogP contribution in [-0.2, 0) is 0 Å². The maximum absolute atomic E-state index is 5.49. The third-order valence-corrected chi connectivity index (χ3v) is 1.89. The first kappa shape index (κ1) is 10.9. The number of hydrogen-bond acceptors (Lipinski definition) is 2. The van der Waals surface area contributed by atoms with Crippen LogP contribution in [0.1, 0.15) is 5.56 Å². The van der Waals surface area contributed by atoms with Crippen molar-refractivity contribution in [2.24, 2.45) is 0 Å². The molecule has 1 aromatic carbocycles. The first-order chi connectivity index (χ1) is 6.88. The van der Waals surface area contributed by atoms with Crippen molar-refractivity contribution in [3.8, 4) is 5.75 Å². The smallest absolute Gasteiger partial charge is 0.126 e. The molecule has 74 valence electrons. The van der Waals surface area contributed by atoms with E-state index in [1.807, 2.05) is 36.4 Å². The van der Waals surface area contributed by atoms with Crippen LogP contribution in [0.4, 0.5) is 0 Å². The molecule has 0 atom stereocenters. The van der Waals surface area contributed by atoms with Gasteiger partial charge in [0, 0.05) is 11.3 Å². The molecule has 0 spiro atoms. The summed E-state index contributed by atoms with van der Waals surface area (Å²) in [7, 11) is 0. The van der Waals surface area contributed by atoms with Gasteiger partial charge in [0.25, 0.3) is 0 Å². The first-order valence-electron chi connectivity index (χ1n) is 4.48. The van der Waals surface area contributed by atoms with Crippen LogP contribution in [0.25, 0.3) is 6.08 Å². The molecule has 0 amide bonds.